The third-order valence-corrected chi connectivity index (χ3v) is 4.42. The molecule has 1 fully saturated rings. The first-order valence-electron chi connectivity index (χ1n) is 7.83. The van der Waals surface area contributed by atoms with Crippen LogP contribution in [-0.4, -0.2) is 36.2 Å². The summed E-state index contributed by atoms with van der Waals surface area (Å²) in [5.74, 6) is 0.211. The van der Waals surface area contributed by atoms with Gasteiger partial charge >= 0.3 is 0 Å². The van der Waals surface area contributed by atoms with Gasteiger partial charge in [0.2, 0.25) is 0 Å². The summed E-state index contributed by atoms with van der Waals surface area (Å²) in [6.07, 6.45) is 8.20. The normalized spacial score (nSPS) is 28.6. The minimum atomic E-state index is -0.892. The molecule has 0 radical (unpaired) electrons. The van der Waals surface area contributed by atoms with Crippen LogP contribution in [0, 0.1) is 5.92 Å². The van der Waals surface area contributed by atoms with E-state index in [4.69, 9.17) is 0 Å². The van der Waals surface area contributed by atoms with Crippen molar-refractivity contribution < 1.29 is 5.11 Å². The topological polar surface area (TPSA) is 23.5 Å². The minimum absolute atomic E-state index is 0.211. The zero-order valence-corrected chi connectivity index (χ0v) is 13.3. The first kappa shape index (κ1) is 16.0. The molecule has 21 heavy (non-hydrogen) atoms. The van der Waals surface area contributed by atoms with E-state index in [9.17, 15) is 5.11 Å². The van der Waals surface area contributed by atoms with E-state index in [1.165, 1.54) is 6.42 Å². The van der Waals surface area contributed by atoms with Crippen molar-refractivity contribution in [2.45, 2.75) is 31.3 Å². The lowest BCUT2D eigenvalue weighted by Crippen LogP contribution is -2.42. The number of nitrogens with zero attached hydrogens (tertiary/aromatic N) is 1. The maximum atomic E-state index is 11.3. The Morgan fingerprint density at radius 2 is 2.00 bits per heavy atom. The average molecular weight is 285 g/mol. The van der Waals surface area contributed by atoms with Crippen molar-refractivity contribution in [2.24, 2.45) is 5.92 Å². The number of hydrogen-bond donors (Lipinski definition) is 1. The molecule has 1 N–H and O–H groups in total. The summed E-state index contributed by atoms with van der Waals surface area (Å²) >= 11 is 0. The molecule has 0 aromatic heterocycles. The molecule has 1 aromatic rings. The van der Waals surface area contributed by atoms with Crippen LogP contribution in [0.4, 0.5) is 0 Å². The fraction of sp³-hybridized carbons (Fsp3) is 0.474. The Morgan fingerprint density at radius 1 is 1.29 bits per heavy atom. The lowest BCUT2D eigenvalue weighted by atomic mass is 9.79. The van der Waals surface area contributed by atoms with E-state index < -0.39 is 5.60 Å². The van der Waals surface area contributed by atoms with Gasteiger partial charge in [0, 0.05) is 12.5 Å². The third kappa shape index (κ3) is 3.84. The summed E-state index contributed by atoms with van der Waals surface area (Å²) in [7, 11) is 4.13. The Labute approximate surface area is 128 Å². The van der Waals surface area contributed by atoms with Gasteiger partial charge in [-0.05, 0) is 44.5 Å². The first-order chi connectivity index (χ1) is 10.1. The van der Waals surface area contributed by atoms with Gasteiger partial charge in [-0.2, -0.15) is 0 Å². The molecule has 2 rings (SSSR count). The monoisotopic (exact) mass is 285 g/mol. The van der Waals surface area contributed by atoms with Gasteiger partial charge in [-0.25, -0.2) is 0 Å². The number of hydrogen-bond acceptors (Lipinski definition) is 2. The molecule has 0 spiro atoms. The van der Waals surface area contributed by atoms with E-state index in [0.29, 0.717) is 0 Å². The summed E-state index contributed by atoms with van der Waals surface area (Å²) in [4.78, 5) is 2.16. The Bertz CT molecular complexity index is 492. The fourth-order valence-corrected chi connectivity index (χ4v) is 3.30. The summed E-state index contributed by atoms with van der Waals surface area (Å²) in [6, 6.07) is 10.3. The molecule has 0 saturated heterocycles. The molecule has 2 heteroatoms. The second kappa shape index (κ2) is 7.06. The maximum Gasteiger partial charge on any atom is 0.108 e. The molecule has 1 aliphatic carbocycles. The Morgan fingerprint density at radius 3 is 2.62 bits per heavy atom. The number of aliphatic hydroxyl groups is 1. The molecule has 1 aliphatic rings. The van der Waals surface area contributed by atoms with Crippen LogP contribution in [0.25, 0.3) is 6.08 Å². The molecule has 2 nitrogen and oxygen atoms in total. The molecule has 114 valence electrons. The highest BCUT2D eigenvalue weighted by atomic mass is 16.3. The van der Waals surface area contributed by atoms with Crippen LogP contribution in [0.15, 0.2) is 48.6 Å². The van der Waals surface area contributed by atoms with Crippen LogP contribution in [0.1, 0.15) is 31.2 Å². The van der Waals surface area contributed by atoms with Crippen molar-refractivity contribution in [1.29, 1.82) is 0 Å². The highest BCUT2D eigenvalue weighted by Gasteiger charge is 2.38. The molecular formula is C19H27NO. The van der Waals surface area contributed by atoms with E-state index in [2.05, 4.69) is 43.8 Å². The third-order valence-electron chi connectivity index (χ3n) is 4.42. The molecule has 1 aromatic carbocycles. The lowest BCUT2D eigenvalue weighted by Gasteiger charge is -2.36. The fourth-order valence-electron chi connectivity index (χ4n) is 3.30. The van der Waals surface area contributed by atoms with Gasteiger partial charge in [0.15, 0.2) is 0 Å². The Balaban J connectivity index is 2.37. The standard InChI is InChI=1S/C19H27NO/c1-4-19(21)17(14-16-10-6-5-7-11-16)12-8-9-13-18(19)15-20(2)3/h4-7,10-11,14,18,21H,1,8-9,12-13,15H2,2-3H3. The SMILES string of the molecule is C=CC1(O)C(=Cc2ccccc2)CCCCC1CN(C)C. The molecule has 0 amide bonds. The van der Waals surface area contributed by atoms with Crippen LogP contribution in [0.5, 0.6) is 0 Å². The van der Waals surface area contributed by atoms with E-state index in [0.717, 1.165) is 36.9 Å². The van der Waals surface area contributed by atoms with Crippen molar-refractivity contribution >= 4 is 6.08 Å². The maximum absolute atomic E-state index is 11.3. The molecule has 0 heterocycles. The number of rotatable bonds is 4. The van der Waals surface area contributed by atoms with Gasteiger partial charge in [0.25, 0.3) is 0 Å². The molecule has 0 bridgehead atoms. The smallest absolute Gasteiger partial charge is 0.108 e. The van der Waals surface area contributed by atoms with Crippen molar-refractivity contribution in [3.63, 3.8) is 0 Å². The molecule has 0 aliphatic heterocycles. The zero-order chi connectivity index (χ0) is 15.3. The van der Waals surface area contributed by atoms with E-state index >= 15 is 0 Å². The van der Waals surface area contributed by atoms with Crippen LogP contribution in [0.2, 0.25) is 0 Å². The molecule has 2 atom stereocenters. The van der Waals surface area contributed by atoms with Crippen LogP contribution >= 0.6 is 0 Å². The van der Waals surface area contributed by atoms with E-state index in [1.54, 1.807) is 6.08 Å². The van der Waals surface area contributed by atoms with Crippen molar-refractivity contribution in [3.05, 3.63) is 54.1 Å². The Hall–Kier alpha value is -1.38. The zero-order valence-electron chi connectivity index (χ0n) is 13.3. The Kier molecular flexibility index (Phi) is 5.38. The predicted molar refractivity (Wildman–Crippen MR) is 90.1 cm³/mol. The van der Waals surface area contributed by atoms with E-state index in [1.807, 2.05) is 18.2 Å². The minimum Gasteiger partial charge on any atom is -0.381 e. The van der Waals surface area contributed by atoms with Gasteiger partial charge in [0.05, 0.1) is 0 Å². The summed E-state index contributed by atoms with van der Waals surface area (Å²) in [5.41, 5.74) is 1.36. The predicted octanol–water partition coefficient (Wildman–Crippen LogP) is 3.74. The second-order valence-electron chi connectivity index (χ2n) is 6.31. The highest BCUT2D eigenvalue weighted by molar-refractivity contribution is 5.56. The van der Waals surface area contributed by atoms with Crippen LogP contribution in [0.3, 0.4) is 0 Å². The summed E-state index contributed by atoms with van der Waals surface area (Å²) in [5, 5.41) is 11.3. The van der Waals surface area contributed by atoms with Crippen LogP contribution in [-0.2, 0) is 0 Å². The van der Waals surface area contributed by atoms with Gasteiger partial charge in [-0.1, -0.05) is 55.5 Å². The first-order valence-corrected chi connectivity index (χ1v) is 7.83. The quantitative estimate of drug-likeness (QED) is 0.673. The largest absolute Gasteiger partial charge is 0.381 e. The van der Waals surface area contributed by atoms with Gasteiger partial charge < -0.3 is 10.0 Å². The van der Waals surface area contributed by atoms with Gasteiger partial charge in [-0.15, -0.1) is 0 Å². The van der Waals surface area contributed by atoms with Crippen molar-refractivity contribution in [1.82, 2.24) is 4.90 Å². The molecule has 1 saturated carbocycles. The summed E-state index contributed by atoms with van der Waals surface area (Å²) in [6.45, 7) is 4.82. The van der Waals surface area contributed by atoms with Gasteiger partial charge in [0.1, 0.15) is 5.60 Å². The highest BCUT2D eigenvalue weighted by Crippen LogP contribution is 2.38. The molecule has 2 unspecified atom stereocenters. The van der Waals surface area contributed by atoms with Crippen molar-refractivity contribution in [2.75, 3.05) is 20.6 Å². The number of benzene rings is 1. The van der Waals surface area contributed by atoms with Crippen LogP contribution < -0.4 is 0 Å². The summed E-state index contributed by atoms with van der Waals surface area (Å²) < 4.78 is 0. The lowest BCUT2D eigenvalue weighted by molar-refractivity contribution is 0.0485. The van der Waals surface area contributed by atoms with Gasteiger partial charge in [-0.3, -0.25) is 0 Å². The van der Waals surface area contributed by atoms with Crippen molar-refractivity contribution in [3.8, 4) is 0 Å². The average Bonchev–Trinajstić information content (AvgIpc) is 2.62. The molecular weight excluding hydrogens is 258 g/mol. The van der Waals surface area contributed by atoms with E-state index in [-0.39, 0.29) is 5.92 Å². The second-order valence-corrected chi connectivity index (χ2v) is 6.31.